The van der Waals surface area contributed by atoms with Gasteiger partial charge in [-0.3, -0.25) is 9.69 Å². The number of urea groups is 1. The first kappa shape index (κ1) is 16.2. The Labute approximate surface area is 121 Å². The third kappa shape index (κ3) is 2.62. The summed E-state index contributed by atoms with van der Waals surface area (Å²) in [4.78, 5) is 23.9. The van der Waals surface area contributed by atoms with Crippen molar-refractivity contribution in [3.63, 3.8) is 0 Å². The minimum absolute atomic E-state index is 0.0372. The smallest absolute Gasteiger partial charge is 0.319 e. The van der Waals surface area contributed by atoms with E-state index in [0.29, 0.717) is 0 Å². The van der Waals surface area contributed by atoms with Crippen LogP contribution in [0, 0.1) is 5.82 Å². The number of nitrogens with one attached hydrogen (secondary N) is 1. The molecule has 0 aromatic heterocycles. The van der Waals surface area contributed by atoms with Crippen LogP contribution in [0.15, 0.2) is 24.3 Å². The van der Waals surface area contributed by atoms with E-state index in [2.05, 4.69) is 5.32 Å². The molecule has 1 fully saturated rings. The molecule has 3 amide bonds. The number of amides is 3. The van der Waals surface area contributed by atoms with Gasteiger partial charge in [-0.1, -0.05) is 12.1 Å². The standard InChI is InChI=1S/C13H11F5N2O2/c1-12(7-2-4-8(14)5-3-7)10(21)20(11(22)19-12)6-13(17,18)9(15)16/h2-5,9H,6H2,1H3,(H,19,22)/t12-/m1/s1. The quantitative estimate of drug-likeness (QED) is 0.684. The van der Waals surface area contributed by atoms with Crippen molar-refractivity contribution in [1.29, 1.82) is 0 Å². The van der Waals surface area contributed by atoms with Crippen molar-refractivity contribution in [2.24, 2.45) is 0 Å². The molecule has 0 bridgehead atoms. The van der Waals surface area contributed by atoms with E-state index in [9.17, 15) is 31.5 Å². The highest BCUT2D eigenvalue weighted by Gasteiger charge is 2.54. The Balaban J connectivity index is 2.30. The van der Waals surface area contributed by atoms with Gasteiger partial charge in [0.15, 0.2) is 0 Å². The molecule has 9 heteroatoms. The Morgan fingerprint density at radius 3 is 2.27 bits per heavy atom. The molecule has 4 nitrogen and oxygen atoms in total. The predicted octanol–water partition coefficient (Wildman–Crippen LogP) is 2.49. The summed E-state index contributed by atoms with van der Waals surface area (Å²) in [6.07, 6.45) is -4.01. The molecule has 1 aliphatic heterocycles. The summed E-state index contributed by atoms with van der Waals surface area (Å²) in [6.45, 7) is -0.507. The summed E-state index contributed by atoms with van der Waals surface area (Å²) in [5.74, 6) is -6.21. The van der Waals surface area contributed by atoms with E-state index in [1.807, 2.05) is 0 Å². The second-order valence-corrected chi connectivity index (χ2v) is 5.02. The number of halogens is 5. The van der Waals surface area contributed by atoms with Gasteiger partial charge in [-0.2, -0.15) is 8.78 Å². The van der Waals surface area contributed by atoms with Crippen molar-refractivity contribution in [2.45, 2.75) is 24.8 Å². The summed E-state index contributed by atoms with van der Waals surface area (Å²) < 4.78 is 63.5. The van der Waals surface area contributed by atoms with Gasteiger partial charge in [0.1, 0.15) is 17.9 Å². The van der Waals surface area contributed by atoms with Gasteiger partial charge in [0.05, 0.1) is 0 Å². The fraction of sp³-hybridized carbons (Fsp3) is 0.385. The third-order valence-corrected chi connectivity index (χ3v) is 3.38. The molecule has 0 saturated carbocycles. The average Bonchev–Trinajstić information content (AvgIpc) is 2.63. The highest BCUT2D eigenvalue weighted by atomic mass is 19.3. The van der Waals surface area contributed by atoms with E-state index in [-0.39, 0.29) is 10.5 Å². The van der Waals surface area contributed by atoms with Crippen LogP contribution in [-0.2, 0) is 10.3 Å². The van der Waals surface area contributed by atoms with Gasteiger partial charge in [-0.05, 0) is 24.6 Å². The van der Waals surface area contributed by atoms with E-state index in [1.54, 1.807) is 0 Å². The van der Waals surface area contributed by atoms with Crippen LogP contribution in [0.4, 0.5) is 26.7 Å². The van der Waals surface area contributed by atoms with Crippen molar-refractivity contribution in [1.82, 2.24) is 10.2 Å². The monoisotopic (exact) mass is 322 g/mol. The minimum atomic E-state index is -4.51. The summed E-state index contributed by atoms with van der Waals surface area (Å²) in [5, 5.41) is 2.16. The molecule has 1 aliphatic rings. The maximum atomic E-state index is 13.1. The lowest BCUT2D eigenvalue weighted by molar-refractivity contribution is -0.151. The molecule has 0 radical (unpaired) electrons. The molecule has 0 unspecified atom stereocenters. The van der Waals surface area contributed by atoms with Crippen LogP contribution in [0.2, 0.25) is 0 Å². The summed E-state index contributed by atoms with van der Waals surface area (Å²) in [7, 11) is 0. The van der Waals surface area contributed by atoms with Crippen molar-refractivity contribution in [2.75, 3.05) is 6.54 Å². The fourth-order valence-corrected chi connectivity index (χ4v) is 2.10. The Kier molecular flexibility index (Phi) is 3.84. The molecule has 1 heterocycles. The number of benzene rings is 1. The Bertz CT molecular complexity index is 605. The SMILES string of the molecule is C[C@]1(c2ccc(F)cc2)NC(=O)N(CC(F)(F)C(F)F)C1=O. The van der Waals surface area contributed by atoms with Crippen LogP contribution in [-0.4, -0.2) is 35.7 Å². The molecule has 120 valence electrons. The molecule has 0 aliphatic carbocycles. The number of rotatable bonds is 4. The molecular weight excluding hydrogens is 311 g/mol. The predicted molar refractivity (Wildman–Crippen MR) is 64.9 cm³/mol. The summed E-state index contributed by atoms with van der Waals surface area (Å²) in [5.41, 5.74) is -1.57. The summed E-state index contributed by atoms with van der Waals surface area (Å²) in [6, 6.07) is 3.23. The second kappa shape index (κ2) is 5.22. The zero-order valence-corrected chi connectivity index (χ0v) is 11.2. The van der Waals surface area contributed by atoms with Gasteiger partial charge in [-0.25, -0.2) is 18.0 Å². The van der Waals surface area contributed by atoms with E-state index in [0.717, 1.165) is 12.1 Å². The van der Waals surface area contributed by atoms with E-state index >= 15 is 0 Å². The number of carbonyl (C=O) groups is 2. The average molecular weight is 322 g/mol. The lowest BCUT2D eigenvalue weighted by Crippen LogP contribution is -2.46. The Hall–Kier alpha value is -2.19. The molecule has 0 spiro atoms. The summed E-state index contributed by atoms with van der Waals surface area (Å²) >= 11 is 0. The van der Waals surface area contributed by atoms with Gasteiger partial charge in [0, 0.05) is 0 Å². The van der Waals surface area contributed by atoms with Crippen molar-refractivity contribution < 1.29 is 31.5 Å². The molecule has 1 N–H and O–H groups in total. The Morgan fingerprint density at radius 1 is 1.23 bits per heavy atom. The normalized spacial score (nSPS) is 22.4. The first-order valence-electron chi connectivity index (χ1n) is 6.14. The van der Waals surface area contributed by atoms with E-state index in [1.165, 1.54) is 19.1 Å². The van der Waals surface area contributed by atoms with Gasteiger partial charge in [0.2, 0.25) is 0 Å². The minimum Gasteiger partial charge on any atom is -0.319 e. The molecule has 1 aromatic rings. The molecular formula is C13H11F5N2O2. The van der Waals surface area contributed by atoms with E-state index in [4.69, 9.17) is 0 Å². The van der Waals surface area contributed by atoms with E-state index < -0.39 is 42.2 Å². The molecule has 1 atom stereocenters. The highest BCUT2D eigenvalue weighted by molar-refractivity contribution is 6.07. The van der Waals surface area contributed by atoms with Gasteiger partial charge >= 0.3 is 18.4 Å². The first-order chi connectivity index (χ1) is 10.1. The first-order valence-corrected chi connectivity index (χ1v) is 6.14. The van der Waals surface area contributed by atoms with Crippen LogP contribution in [0.25, 0.3) is 0 Å². The lowest BCUT2D eigenvalue weighted by atomic mass is 9.92. The van der Waals surface area contributed by atoms with Crippen molar-refractivity contribution >= 4 is 11.9 Å². The molecule has 1 aromatic carbocycles. The van der Waals surface area contributed by atoms with Crippen molar-refractivity contribution in [3.8, 4) is 0 Å². The zero-order valence-electron chi connectivity index (χ0n) is 11.2. The Morgan fingerprint density at radius 2 is 1.77 bits per heavy atom. The maximum absolute atomic E-state index is 13.1. The second-order valence-electron chi connectivity index (χ2n) is 5.02. The van der Waals surface area contributed by atoms with Gasteiger partial charge < -0.3 is 5.32 Å². The van der Waals surface area contributed by atoms with Crippen LogP contribution in [0.1, 0.15) is 12.5 Å². The van der Waals surface area contributed by atoms with Crippen LogP contribution < -0.4 is 5.32 Å². The molecule has 1 saturated heterocycles. The van der Waals surface area contributed by atoms with Crippen LogP contribution >= 0.6 is 0 Å². The zero-order chi connectivity index (χ0) is 16.7. The van der Waals surface area contributed by atoms with Crippen LogP contribution in [0.5, 0.6) is 0 Å². The number of hydrogen-bond donors (Lipinski definition) is 1. The fourth-order valence-electron chi connectivity index (χ4n) is 2.10. The number of nitrogens with zero attached hydrogens (tertiary/aromatic N) is 1. The highest BCUT2D eigenvalue weighted by Crippen LogP contribution is 2.32. The number of alkyl halides is 4. The topological polar surface area (TPSA) is 49.4 Å². The lowest BCUT2D eigenvalue weighted by Gasteiger charge is -2.24. The third-order valence-electron chi connectivity index (χ3n) is 3.38. The number of imide groups is 1. The van der Waals surface area contributed by atoms with Gasteiger partial charge in [-0.15, -0.1) is 0 Å². The van der Waals surface area contributed by atoms with Crippen molar-refractivity contribution in [3.05, 3.63) is 35.6 Å². The molecule has 2 rings (SSSR count). The van der Waals surface area contributed by atoms with Crippen LogP contribution in [0.3, 0.4) is 0 Å². The largest absolute Gasteiger partial charge is 0.325 e. The molecule has 22 heavy (non-hydrogen) atoms. The number of carbonyl (C=O) groups excluding carboxylic acids is 2. The van der Waals surface area contributed by atoms with Gasteiger partial charge in [0.25, 0.3) is 5.91 Å². The maximum Gasteiger partial charge on any atom is 0.325 e. The number of hydrogen-bond acceptors (Lipinski definition) is 2.